The number of anilines is 2. The lowest BCUT2D eigenvalue weighted by Crippen LogP contribution is -2.32. The minimum atomic E-state index is -1.06. The minimum Gasteiger partial charge on any atom is -0.480 e. The Morgan fingerprint density at radius 1 is 1.26 bits per heavy atom. The van der Waals surface area contributed by atoms with Gasteiger partial charge in [-0.3, -0.25) is 0 Å². The van der Waals surface area contributed by atoms with Gasteiger partial charge in [0.1, 0.15) is 17.7 Å². The first-order valence-corrected chi connectivity index (χ1v) is 10.1. The first kappa shape index (κ1) is 20.9. The number of hydrogen-bond donors (Lipinski definition) is 3. The summed E-state index contributed by atoms with van der Waals surface area (Å²) in [6.07, 6.45) is 3.77. The van der Waals surface area contributed by atoms with Gasteiger partial charge in [0.25, 0.3) is 0 Å². The van der Waals surface area contributed by atoms with Crippen molar-refractivity contribution in [1.82, 2.24) is 19.4 Å². The number of nitrogens with one attached hydrogen (secondary N) is 1. The Morgan fingerprint density at radius 2 is 2.06 bits per heavy atom. The molecule has 4 rings (SSSR count). The Bertz CT molecular complexity index is 1290. The molecule has 3 heterocycles. The lowest BCUT2D eigenvalue weighted by molar-refractivity contribution is -0.137. The molecular weight excluding hydrogens is 439 g/mol. The van der Waals surface area contributed by atoms with Gasteiger partial charge in [-0.15, -0.1) is 0 Å². The minimum absolute atomic E-state index is 0.0207. The van der Waals surface area contributed by atoms with Crippen LogP contribution in [0.15, 0.2) is 48.8 Å². The number of carboxylic acid groups (broad SMARTS) is 1. The maximum Gasteiger partial charge on any atom is 0.326 e. The largest absolute Gasteiger partial charge is 0.480 e. The smallest absolute Gasteiger partial charge is 0.326 e. The number of nitrogens with zero attached hydrogens (tertiary/aromatic N) is 4. The second-order valence-electron chi connectivity index (χ2n) is 6.97. The summed E-state index contributed by atoms with van der Waals surface area (Å²) in [5, 5.41) is 13.3. The monoisotopic (exact) mass is 456 g/mol. The van der Waals surface area contributed by atoms with Gasteiger partial charge in [0.15, 0.2) is 0 Å². The molecule has 0 aliphatic heterocycles. The topological polar surface area (TPSA) is 118 Å². The van der Waals surface area contributed by atoms with Gasteiger partial charge < -0.3 is 20.6 Å². The van der Waals surface area contributed by atoms with Crippen molar-refractivity contribution >= 4 is 46.5 Å². The number of benzene rings is 1. The van der Waals surface area contributed by atoms with Gasteiger partial charge in [-0.1, -0.05) is 35.3 Å². The molecule has 158 valence electrons. The molecule has 3 aromatic heterocycles. The molecule has 0 aliphatic rings. The molecule has 0 fully saturated rings. The molecule has 0 amide bonds. The average Bonchev–Trinajstić information content (AvgIpc) is 3.10. The van der Waals surface area contributed by atoms with Crippen LogP contribution < -0.4 is 11.1 Å². The van der Waals surface area contributed by atoms with E-state index in [0.29, 0.717) is 21.3 Å². The summed E-state index contributed by atoms with van der Waals surface area (Å²) >= 11 is 12.3. The van der Waals surface area contributed by atoms with Crippen molar-refractivity contribution in [2.24, 2.45) is 0 Å². The number of fused-ring (bicyclic) bond motifs is 1. The van der Waals surface area contributed by atoms with Crippen LogP contribution in [-0.4, -0.2) is 36.5 Å². The molecule has 0 saturated heterocycles. The predicted molar refractivity (Wildman–Crippen MR) is 121 cm³/mol. The molecule has 0 aliphatic carbocycles. The van der Waals surface area contributed by atoms with Crippen LogP contribution in [0, 0.1) is 6.92 Å². The van der Waals surface area contributed by atoms with Crippen molar-refractivity contribution in [1.29, 1.82) is 0 Å². The van der Waals surface area contributed by atoms with Crippen LogP contribution in [0.4, 0.5) is 11.8 Å². The van der Waals surface area contributed by atoms with Crippen molar-refractivity contribution in [3.05, 3.63) is 70.2 Å². The van der Waals surface area contributed by atoms with E-state index in [0.717, 1.165) is 16.9 Å². The van der Waals surface area contributed by atoms with E-state index < -0.39 is 12.0 Å². The normalized spacial score (nSPS) is 12.1. The molecule has 1 atom stereocenters. The third-order valence-corrected chi connectivity index (χ3v) is 5.69. The van der Waals surface area contributed by atoms with Gasteiger partial charge in [-0.25, -0.2) is 14.8 Å². The zero-order valence-corrected chi connectivity index (χ0v) is 17.9. The van der Waals surface area contributed by atoms with E-state index in [2.05, 4.69) is 20.3 Å². The van der Waals surface area contributed by atoms with Gasteiger partial charge in [-0.2, -0.15) is 4.98 Å². The predicted octanol–water partition coefficient (Wildman–Crippen LogP) is 4.10. The molecule has 31 heavy (non-hydrogen) atoms. The molecule has 4 aromatic rings. The number of aromatic nitrogens is 4. The third kappa shape index (κ3) is 4.40. The van der Waals surface area contributed by atoms with Crippen molar-refractivity contribution in [2.75, 3.05) is 11.1 Å². The number of imidazole rings is 1. The zero-order valence-electron chi connectivity index (χ0n) is 16.4. The van der Waals surface area contributed by atoms with Crippen LogP contribution in [0.5, 0.6) is 0 Å². The maximum atomic E-state index is 11.9. The van der Waals surface area contributed by atoms with E-state index in [1.54, 1.807) is 30.5 Å². The number of hydrogen-bond acceptors (Lipinski definition) is 6. The summed E-state index contributed by atoms with van der Waals surface area (Å²) < 4.78 is 1.93. The first-order chi connectivity index (χ1) is 14.8. The summed E-state index contributed by atoms with van der Waals surface area (Å²) in [4.78, 5) is 24.6. The van der Waals surface area contributed by atoms with E-state index in [4.69, 9.17) is 28.9 Å². The van der Waals surface area contributed by atoms with Crippen LogP contribution in [0.1, 0.15) is 11.4 Å². The fraction of sp³-hybridized carbons (Fsp3) is 0.143. The van der Waals surface area contributed by atoms with E-state index >= 15 is 0 Å². The highest BCUT2D eigenvalue weighted by Gasteiger charge is 2.21. The number of aliphatic carboxylic acids is 1. The number of nitrogen functional groups attached to an aromatic ring is 1. The fourth-order valence-corrected chi connectivity index (χ4v) is 3.66. The highest BCUT2D eigenvalue weighted by atomic mass is 35.5. The second kappa shape index (κ2) is 8.41. The number of pyridine rings is 1. The average molecular weight is 457 g/mol. The van der Waals surface area contributed by atoms with Crippen molar-refractivity contribution in [2.45, 2.75) is 19.4 Å². The Morgan fingerprint density at radius 3 is 2.84 bits per heavy atom. The van der Waals surface area contributed by atoms with Gasteiger partial charge >= 0.3 is 5.97 Å². The summed E-state index contributed by atoms with van der Waals surface area (Å²) in [5.74, 6) is 0.0784. The number of halogens is 2. The SMILES string of the molecule is Cc1ncc2ccc(-c3cc(N[C@H](Cc4cccc(Cl)c4Cl)C(=O)O)nc(N)n3)cn12. The molecule has 0 bridgehead atoms. The summed E-state index contributed by atoms with van der Waals surface area (Å²) in [6.45, 7) is 1.90. The number of nitrogens with two attached hydrogens (primary N) is 1. The highest BCUT2D eigenvalue weighted by Crippen LogP contribution is 2.27. The van der Waals surface area contributed by atoms with Crippen LogP contribution in [-0.2, 0) is 11.2 Å². The number of carbonyl (C=O) groups is 1. The highest BCUT2D eigenvalue weighted by molar-refractivity contribution is 6.42. The van der Waals surface area contributed by atoms with E-state index in [9.17, 15) is 9.90 Å². The molecular formula is C21H18Cl2N6O2. The lowest BCUT2D eigenvalue weighted by Gasteiger charge is -2.17. The molecule has 0 saturated carbocycles. The lowest BCUT2D eigenvalue weighted by atomic mass is 10.1. The standard InChI is InChI=1S/C21H18Cl2N6O2/c1-11-25-9-14-6-5-13(10-29(11)14)16-8-18(28-21(24)27-16)26-17(20(30)31)7-12-3-2-4-15(22)19(12)23/h2-6,8-10,17H,7H2,1H3,(H,30,31)(H3,24,26,27,28)/t17-/m1/s1. The Kier molecular flexibility index (Phi) is 5.67. The van der Waals surface area contributed by atoms with Gasteiger partial charge in [0, 0.05) is 24.2 Å². The van der Waals surface area contributed by atoms with Gasteiger partial charge in [0.05, 0.1) is 27.5 Å². The Hall–Kier alpha value is -3.36. The molecule has 0 spiro atoms. The molecule has 0 unspecified atom stereocenters. The van der Waals surface area contributed by atoms with Gasteiger partial charge in [-0.05, 0) is 30.7 Å². The summed E-state index contributed by atoms with van der Waals surface area (Å²) in [7, 11) is 0. The third-order valence-electron chi connectivity index (χ3n) is 4.83. The summed E-state index contributed by atoms with van der Waals surface area (Å²) in [6, 6.07) is 9.55. The maximum absolute atomic E-state index is 11.9. The zero-order chi connectivity index (χ0) is 22.1. The fourth-order valence-electron chi connectivity index (χ4n) is 3.26. The van der Waals surface area contributed by atoms with Crippen molar-refractivity contribution in [3.8, 4) is 11.3 Å². The van der Waals surface area contributed by atoms with E-state index in [-0.39, 0.29) is 18.2 Å². The first-order valence-electron chi connectivity index (χ1n) is 9.32. The van der Waals surface area contributed by atoms with Gasteiger partial charge in [0.2, 0.25) is 5.95 Å². The second-order valence-corrected chi connectivity index (χ2v) is 7.75. The molecule has 8 nitrogen and oxygen atoms in total. The number of carboxylic acids is 1. The van der Waals surface area contributed by atoms with Crippen LogP contribution in [0.2, 0.25) is 10.0 Å². The quantitative estimate of drug-likeness (QED) is 0.399. The van der Waals surface area contributed by atoms with E-state index in [1.807, 2.05) is 29.7 Å². The Labute approximate surface area is 187 Å². The molecule has 10 heteroatoms. The van der Waals surface area contributed by atoms with Crippen molar-refractivity contribution < 1.29 is 9.90 Å². The Balaban J connectivity index is 1.65. The van der Waals surface area contributed by atoms with E-state index in [1.165, 1.54) is 0 Å². The number of rotatable bonds is 6. The molecule has 1 aromatic carbocycles. The molecule has 4 N–H and O–H groups in total. The number of aryl methyl sites for hydroxylation is 1. The van der Waals surface area contributed by atoms with Crippen molar-refractivity contribution in [3.63, 3.8) is 0 Å². The summed E-state index contributed by atoms with van der Waals surface area (Å²) in [5.41, 5.74) is 8.80. The van der Waals surface area contributed by atoms with Crippen LogP contribution in [0.3, 0.4) is 0 Å². The van der Waals surface area contributed by atoms with Crippen LogP contribution >= 0.6 is 23.2 Å². The molecule has 0 radical (unpaired) electrons. The van der Waals surface area contributed by atoms with Crippen LogP contribution in [0.25, 0.3) is 16.8 Å².